The Kier molecular flexibility index (Phi) is 4.20. The summed E-state index contributed by atoms with van der Waals surface area (Å²) in [6.45, 7) is 1.62. The largest absolute Gasteiger partial charge is 0.340 e. The van der Waals surface area contributed by atoms with Crippen LogP contribution in [0.3, 0.4) is 0 Å². The molecule has 6 nitrogen and oxygen atoms in total. The van der Waals surface area contributed by atoms with Gasteiger partial charge in [0.1, 0.15) is 5.52 Å². The molecule has 2 heterocycles. The number of aryl methyl sites for hydroxylation is 1. The number of hydrogen-bond acceptors (Lipinski definition) is 4. The van der Waals surface area contributed by atoms with Crippen molar-refractivity contribution in [2.24, 2.45) is 7.05 Å². The van der Waals surface area contributed by atoms with Crippen molar-refractivity contribution in [3.05, 3.63) is 59.2 Å². The molecule has 0 radical (unpaired) electrons. The van der Waals surface area contributed by atoms with E-state index in [1.807, 2.05) is 37.2 Å². The topological polar surface area (TPSA) is 54.3 Å². The fraction of sp³-hybridized carbons (Fsp3) is 0.350. The molecule has 26 heavy (non-hydrogen) atoms. The fourth-order valence-electron chi connectivity index (χ4n) is 3.72. The maximum atomic E-state index is 12.9. The van der Waals surface area contributed by atoms with Crippen molar-refractivity contribution in [1.82, 2.24) is 24.8 Å². The maximum absolute atomic E-state index is 12.9. The van der Waals surface area contributed by atoms with Crippen LogP contribution < -0.4 is 0 Å². The zero-order valence-electron chi connectivity index (χ0n) is 15.4. The molecule has 1 aromatic heterocycles. The molecule has 1 unspecified atom stereocenters. The van der Waals surface area contributed by atoms with E-state index in [9.17, 15) is 4.79 Å². The molecule has 2 aromatic carbocycles. The number of hydrogen-bond donors (Lipinski definition) is 0. The Bertz CT molecular complexity index is 964. The molecule has 0 fully saturated rings. The van der Waals surface area contributed by atoms with Crippen molar-refractivity contribution in [3.8, 4) is 0 Å². The first kappa shape index (κ1) is 16.7. The van der Waals surface area contributed by atoms with Crippen molar-refractivity contribution in [1.29, 1.82) is 0 Å². The number of carbonyl (C=O) groups excluding carboxylic acids is 1. The van der Waals surface area contributed by atoms with Gasteiger partial charge in [0.15, 0.2) is 0 Å². The molecule has 1 aliphatic heterocycles. The van der Waals surface area contributed by atoms with Gasteiger partial charge in [-0.05, 0) is 42.8 Å². The van der Waals surface area contributed by atoms with Gasteiger partial charge in [0, 0.05) is 38.8 Å². The molecule has 4 rings (SSSR count). The van der Waals surface area contributed by atoms with E-state index < -0.39 is 0 Å². The molecule has 134 valence electrons. The van der Waals surface area contributed by atoms with Gasteiger partial charge in [0.2, 0.25) is 0 Å². The number of likely N-dealkylation sites (N-methyl/N-ethyl adjacent to an activating group) is 2. The van der Waals surface area contributed by atoms with Gasteiger partial charge < -0.3 is 4.90 Å². The lowest BCUT2D eigenvalue weighted by molar-refractivity contribution is 0.0733. The van der Waals surface area contributed by atoms with E-state index in [1.54, 1.807) is 4.68 Å². The van der Waals surface area contributed by atoms with Crippen LogP contribution in [-0.2, 0) is 20.0 Å². The summed E-state index contributed by atoms with van der Waals surface area (Å²) in [4.78, 5) is 17.0. The Labute approximate surface area is 153 Å². The van der Waals surface area contributed by atoms with Crippen molar-refractivity contribution in [2.75, 3.05) is 20.6 Å². The van der Waals surface area contributed by atoms with Gasteiger partial charge in [-0.1, -0.05) is 29.5 Å². The predicted molar refractivity (Wildman–Crippen MR) is 101 cm³/mol. The van der Waals surface area contributed by atoms with Gasteiger partial charge >= 0.3 is 0 Å². The smallest absolute Gasteiger partial charge is 0.253 e. The molecule has 0 spiro atoms. The van der Waals surface area contributed by atoms with Crippen molar-refractivity contribution in [3.63, 3.8) is 0 Å². The van der Waals surface area contributed by atoms with Crippen LogP contribution in [0.2, 0.25) is 0 Å². The molecule has 1 aliphatic rings. The highest BCUT2D eigenvalue weighted by molar-refractivity contribution is 5.97. The number of benzene rings is 2. The maximum Gasteiger partial charge on any atom is 0.253 e. The molecule has 0 saturated carbocycles. The van der Waals surface area contributed by atoms with Crippen LogP contribution >= 0.6 is 0 Å². The summed E-state index contributed by atoms with van der Waals surface area (Å²) in [7, 11) is 5.85. The minimum Gasteiger partial charge on any atom is -0.340 e. The molecule has 0 N–H and O–H groups in total. The molecule has 0 saturated heterocycles. The third-order valence-electron chi connectivity index (χ3n) is 5.31. The quantitative estimate of drug-likeness (QED) is 0.727. The molecule has 6 heteroatoms. The first-order chi connectivity index (χ1) is 12.5. The molecule has 0 bridgehead atoms. The van der Waals surface area contributed by atoms with Crippen LogP contribution in [0, 0.1) is 0 Å². The van der Waals surface area contributed by atoms with E-state index in [1.165, 1.54) is 11.1 Å². The summed E-state index contributed by atoms with van der Waals surface area (Å²) < 4.78 is 1.71. The minimum atomic E-state index is 0.0183. The second-order valence-corrected chi connectivity index (χ2v) is 7.14. The molecule has 0 aliphatic carbocycles. The Morgan fingerprint density at radius 1 is 1.19 bits per heavy atom. The first-order valence-corrected chi connectivity index (χ1v) is 8.85. The van der Waals surface area contributed by atoms with Crippen molar-refractivity contribution in [2.45, 2.75) is 19.0 Å². The van der Waals surface area contributed by atoms with E-state index in [2.05, 4.69) is 46.5 Å². The summed E-state index contributed by atoms with van der Waals surface area (Å²) in [5.74, 6) is 0.0183. The van der Waals surface area contributed by atoms with Crippen LogP contribution in [-0.4, -0.2) is 57.4 Å². The van der Waals surface area contributed by atoms with Crippen LogP contribution in [0.25, 0.3) is 11.0 Å². The zero-order valence-corrected chi connectivity index (χ0v) is 15.4. The molecule has 1 amide bonds. The van der Waals surface area contributed by atoms with Crippen LogP contribution in [0.4, 0.5) is 0 Å². The molecule has 1 atom stereocenters. The molecule has 3 aromatic rings. The highest BCUT2D eigenvalue weighted by atomic mass is 16.2. The van der Waals surface area contributed by atoms with Gasteiger partial charge in [-0.3, -0.25) is 9.69 Å². The van der Waals surface area contributed by atoms with E-state index >= 15 is 0 Å². The number of amides is 1. The fourth-order valence-corrected chi connectivity index (χ4v) is 3.72. The molecular formula is C20H23N5O. The predicted octanol–water partition coefficient (Wildman–Crippen LogP) is 2.10. The third-order valence-corrected chi connectivity index (χ3v) is 5.31. The van der Waals surface area contributed by atoms with Crippen LogP contribution in [0.5, 0.6) is 0 Å². The number of nitrogens with zero attached hydrogens (tertiary/aromatic N) is 5. The van der Waals surface area contributed by atoms with Crippen LogP contribution in [0.1, 0.15) is 21.5 Å². The Morgan fingerprint density at radius 2 is 1.96 bits per heavy atom. The van der Waals surface area contributed by atoms with E-state index in [-0.39, 0.29) is 5.91 Å². The highest BCUT2D eigenvalue weighted by Crippen LogP contribution is 2.23. The van der Waals surface area contributed by atoms with Gasteiger partial charge in [0.05, 0.1) is 5.52 Å². The zero-order chi connectivity index (χ0) is 18.3. The van der Waals surface area contributed by atoms with Gasteiger partial charge in [-0.15, -0.1) is 5.10 Å². The minimum absolute atomic E-state index is 0.0183. The normalized spacial score (nSPS) is 17.3. The summed E-state index contributed by atoms with van der Waals surface area (Å²) in [6, 6.07) is 14.5. The second-order valence-electron chi connectivity index (χ2n) is 7.14. The monoisotopic (exact) mass is 349 g/mol. The Hall–Kier alpha value is -2.73. The number of aromatic nitrogens is 3. The SMILES string of the molecule is CN(CC1Cc2ccccc2CN1C)C(=O)c1ccc2c(c1)nnn2C. The lowest BCUT2D eigenvalue weighted by Crippen LogP contribution is -2.46. The average molecular weight is 349 g/mol. The highest BCUT2D eigenvalue weighted by Gasteiger charge is 2.26. The summed E-state index contributed by atoms with van der Waals surface area (Å²) in [5, 5.41) is 8.11. The standard InChI is InChI=1S/C20H23N5O/c1-23-12-16-7-5-4-6-14(16)10-17(23)13-24(2)20(26)15-8-9-19-18(11-15)21-22-25(19)3/h4-9,11,17H,10,12-13H2,1-3H3. The summed E-state index contributed by atoms with van der Waals surface area (Å²) in [5.41, 5.74) is 5.09. The van der Waals surface area contributed by atoms with E-state index in [4.69, 9.17) is 0 Å². The van der Waals surface area contributed by atoms with Crippen molar-refractivity contribution < 1.29 is 4.79 Å². The van der Waals surface area contributed by atoms with E-state index in [0.717, 1.165) is 24.0 Å². The van der Waals surface area contributed by atoms with E-state index in [0.29, 0.717) is 18.2 Å². The number of carbonyl (C=O) groups is 1. The third kappa shape index (κ3) is 2.97. The van der Waals surface area contributed by atoms with Crippen molar-refractivity contribution >= 4 is 16.9 Å². The van der Waals surface area contributed by atoms with Gasteiger partial charge in [0.25, 0.3) is 5.91 Å². The van der Waals surface area contributed by atoms with Gasteiger partial charge in [-0.2, -0.15) is 0 Å². The number of rotatable bonds is 3. The van der Waals surface area contributed by atoms with Crippen LogP contribution in [0.15, 0.2) is 42.5 Å². The molecular weight excluding hydrogens is 326 g/mol. The van der Waals surface area contributed by atoms with Gasteiger partial charge in [-0.25, -0.2) is 4.68 Å². The number of fused-ring (bicyclic) bond motifs is 2. The summed E-state index contributed by atoms with van der Waals surface area (Å²) in [6.07, 6.45) is 0.966. The average Bonchev–Trinajstić information content (AvgIpc) is 3.02. The lowest BCUT2D eigenvalue weighted by Gasteiger charge is -2.36. The summed E-state index contributed by atoms with van der Waals surface area (Å²) >= 11 is 0. The second kappa shape index (κ2) is 6.53. The first-order valence-electron chi connectivity index (χ1n) is 8.85. The lowest BCUT2D eigenvalue weighted by atomic mass is 9.94. The Balaban J connectivity index is 1.50. The Morgan fingerprint density at radius 3 is 2.77 bits per heavy atom.